The first-order valence-corrected chi connectivity index (χ1v) is 10.8. The van der Waals surface area contributed by atoms with E-state index in [1.54, 1.807) is 7.11 Å². The van der Waals surface area contributed by atoms with E-state index in [4.69, 9.17) is 4.74 Å². The Morgan fingerprint density at radius 2 is 1.85 bits per heavy atom. The minimum Gasteiger partial charge on any atom is -0.496 e. The van der Waals surface area contributed by atoms with Crippen molar-refractivity contribution in [3.05, 3.63) is 29.8 Å². The van der Waals surface area contributed by atoms with E-state index in [0.29, 0.717) is 24.6 Å². The molecule has 0 aromatic heterocycles. The monoisotopic (exact) mass is 391 g/mol. The summed E-state index contributed by atoms with van der Waals surface area (Å²) in [5.74, 6) is 1.78. The molecule has 1 aromatic carbocycles. The molecule has 6 nitrogen and oxygen atoms in total. The predicted octanol–water partition coefficient (Wildman–Crippen LogP) is 1.91. The van der Waals surface area contributed by atoms with E-state index in [9.17, 15) is 9.59 Å². The van der Waals surface area contributed by atoms with Crippen LogP contribution in [0.4, 0.5) is 0 Å². The normalized spacial score (nSPS) is 20.4. The molecule has 2 heterocycles. The molecule has 2 fully saturated rings. The lowest BCUT2D eigenvalue weighted by Crippen LogP contribution is -2.49. The van der Waals surface area contributed by atoms with Crippen molar-refractivity contribution in [1.82, 2.24) is 15.1 Å². The molecule has 7 heteroatoms. The van der Waals surface area contributed by atoms with Crippen LogP contribution in [-0.2, 0) is 9.59 Å². The molecule has 1 N–H and O–H groups in total. The van der Waals surface area contributed by atoms with Crippen LogP contribution in [-0.4, -0.2) is 73.0 Å². The number of carbonyl (C=O) groups excluding carboxylic acids is 2. The van der Waals surface area contributed by atoms with Gasteiger partial charge in [-0.15, -0.1) is 11.8 Å². The van der Waals surface area contributed by atoms with Crippen molar-refractivity contribution in [2.45, 2.75) is 25.3 Å². The Morgan fingerprint density at radius 1 is 1.11 bits per heavy atom. The third kappa shape index (κ3) is 5.17. The van der Waals surface area contributed by atoms with Gasteiger partial charge in [-0.05, 0) is 25.3 Å². The fourth-order valence-electron chi connectivity index (χ4n) is 3.77. The van der Waals surface area contributed by atoms with Crippen LogP contribution < -0.4 is 10.1 Å². The molecule has 148 valence electrons. The van der Waals surface area contributed by atoms with Crippen molar-refractivity contribution in [3.8, 4) is 5.75 Å². The summed E-state index contributed by atoms with van der Waals surface area (Å²) >= 11 is 1.43. The van der Waals surface area contributed by atoms with Crippen molar-refractivity contribution >= 4 is 23.6 Å². The van der Waals surface area contributed by atoms with Crippen LogP contribution in [0.25, 0.3) is 0 Å². The third-order valence-electron chi connectivity index (χ3n) is 5.22. The van der Waals surface area contributed by atoms with E-state index in [1.807, 2.05) is 34.1 Å². The van der Waals surface area contributed by atoms with Gasteiger partial charge in [-0.2, -0.15) is 0 Å². The molecular weight excluding hydrogens is 362 g/mol. The smallest absolute Gasteiger partial charge is 0.233 e. The van der Waals surface area contributed by atoms with Gasteiger partial charge in [-0.3, -0.25) is 9.59 Å². The number of hydrogen-bond acceptors (Lipinski definition) is 5. The Bertz CT molecular complexity index is 649. The number of likely N-dealkylation sites (tertiary alicyclic amines) is 1. The van der Waals surface area contributed by atoms with E-state index in [2.05, 4.69) is 5.32 Å². The first kappa shape index (κ1) is 20.0. The molecule has 0 saturated carbocycles. The van der Waals surface area contributed by atoms with Gasteiger partial charge in [0.05, 0.1) is 24.7 Å². The van der Waals surface area contributed by atoms with Crippen molar-refractivity contribution in [2.75, 3.05) is 51.3 Å². The maximum atomic E-state index is 12.9. The molecule has 1 unspecified atom stereocenters. The number of hydrogen-bond donors (Lipinski definition) is 1. The molecule has 3 rings (SSSR count). The highest BCUT2D eigenvalue weighted by molar-refractivity contribution is 8.00. The maximum Gasteiger partial charge on any atom is 0.233 e. The van der Waals surface area contributed by atoms with Crippen LogP contribution in [0.2, 0.25) is 0 Å². The number of methoxy groups -OCH3 is 1. The number of nitrogens with zero attached hydrogens (tertiary/aromatic N) is 2. The van der Waals surface area contributed by atoms with Gasteiger partial charge < -0.3 is 19.9 Å². The Hall–Kier alpha value is -1.73. The molecule has 1 aromatic rings. The first-order chi connectivity index (χ1) is 13.2. The van der Waals surface area contributed by atoms with Crippen LogP contribution in [0.15, 0.2) is 24.3 Å². The summed E-state index contributed by atoms with van der Waals surface area (Å²) in [5, 5.41) is 3.37. The molecule has 2 aliphatic heterocycles. The molecule has 0 spiro atoms. The number of piperazine rings is 1. The third-order valence-corrected chi connectivity index (χ3v) is 6.12. The lowest BCUT2D eigenvalue weighted by Gasteiger charge is -2.37. The van der Waals surface area contributed by atoms with Gasteiger partial charge in [0.1, 0.15) is 5.75 Å². The summed E-state index contributed by atoms with van der Waals surface area (Å²) in [6.07, 6.45) is 3.40. The van der Waals surface area contributed by atoms with Crippen LogP contribution >= 0.6 is 11.8 Å². The fourth-order valence-corrected chi connectivity index (χ4v) is 4.57. The number of amides is 2. The predicted molar refractivity (Wildman–Crippen MR) is 108 cm³/mol. The number of ether oxygens (including phenoxy) is 1. The van der Waals surface area contributed by atoms with Gasteiger partial charge in [-0.25, -0.2) is 0 Å². The average Bonchev–Trinajstić information content (AvgIpc) is 2.74. The fraction of sp³-hybridized carbons (Fsp3) is 0.600. The van der Waals surface area contributed by atoms with Gasteiger partial charge >= 0.3 is 0 Å². The molecule has 2 aliphatic rings. The standard InChI is InChI=1S/C20H29N3O3S/c1-26-18-8-4-3-7-16(18)17-13-21-9-12-23(17)20(25)15-27-14-19(24)22-10-5-2-6-11-22/h3-4,7-8,17,21H,2,5-6,9-15H2,1H3. The number of rotatable bonds is 6. The highest BCUT2D eigenvalue weighted by Crippen LogP contribution is 2.30. The van der Waals surface area contributed by atoms with Crippen LogP contribution in [0.5, 0.6) is 5.75 Å². The van der Waals surface area contributed by atoms with Crippen LogP contribution in [0.3, 0.4) is 0 Å². The first-order valence-electron chi connectivity index (χ1n) is 9.69. The SMILES string of the molecule is COc1ccccc1C1CNCCN1C(=O)CSCC(=O)N1CCCCC1. The molecule has 2 amide bonds. The van der Waals surface area contributed by atoms with E-state index < -0.39 is 0 Å². The van der Waals surface area contributed by atoms with Gasteiger partial charge in [0.15, 0.2) is 0 Å². The Kier molecular flexibility index (Phi) is 7.41. The minimum absolute atomic E-state index is 0.0409. The molecular formula is C20H29N3O3S. The second-order valence-corrected chi connectivity index (χ2v) is 7.97. The summed E-state index contributed by atoms with van der Waals surface area (Å²) in [5.41, 5.74) is 1.02. The summed E-state index contributed by atoms with van der Waals surface area (Å²) in [6, 6.07) is 7.82. The summed E-state index contributed by atoms with van der Waals surface area (Å²) in [4.78, 5) is 29.0. The van der Waals surface area contributed by atoms with Gasteiger partial charge in [0, 0.05) is 38.3 Å². The van der Waals surface area contributed by atoms with Crippen molar-refractivity contribution < 1.29 is 14.3 Å². The lowest BCUT2D eigenvalue weighted by atomic mass is 10.0. The van der Waals surface area contributed by atoms with Crippen molar-refractivity contribution in [2.24, 2.45) is 0 Å². The second-order valence-electron chi connectivity index (χ2n) is 6.98. The molecule has 2 saturated heterocycles. The zero-order valence-corrected chi connectivity index (χ0v) is 16.8. The van der Waals surface area contributed by atoms with E-state index in [-0.39, 0.29) is 17.9 Å². The van der Waals surface area contributed by atoms with Crippen molar-refractivity contribution in [1.29, 1.82) is 0 Å². The maximum absolute atomic E-state index is 12.9. The summed E-state index contributed by atoms with van der Waals surface area (Å²) < 4.78 is 5.49. The summed E-state index contributed by atoms with van der Waals surface area (Å²) in [7, 11) is 1.66. The number of nitrogens with one attached hydrogen (secondary N) is 1. The topological polar surface area (TPSA) is 61.9 Å². The van der Waals surface area contributed by atoms with E-state index in [1.165, 1.54) is 18.2 Å². The highest BCUT2D eigenvalue weighted by Gasteiger charge is 2.29. The van der Waals surface area contributed by atoms with Gasteiger partial charge in [0.2, 0.25) is 11.8 Å². The molecule has 0 radical (unpaired) electrons. The zero-order chi connectivity index (χ0) is 19.1. The number of para-hydroxylation sites is 1. The number of thioether (sulfide) groups is 1. The molecule has 0 bridgehead atoms. The minimum atomic E-state index is -0.0409. The number of carbonyl (C=O) groups is 2. The largest absolute Gasteiger partial charge is 0.496 e. The van der Waals surface area contributed by atoms with Crippen molar-refractivity contribution in [3.63, 3.8) is 0 Å². The number of benzene rings is 1. The van der Waals surface area contributed by atoms with Gasteiger partial charge in [0.25, 0.3) is 0 Å². The molecule has 1 atom stereocenters. The average molecular weight is 392 g/mol. The quantitative estimate of drug-likeness (QED) is 0.803. The highest BCUT2D eigenvalue weighted by atomic mass is 32.2. The van der Waals surface area contributed by atoms with Crippen LogP contribution in [0.1, 0.15) is 30.9 Å². The second kappa shape index (κ2) is 9.99. The number of piperidine rings is 1. The lowest BCUT2D eigenvalue weighted by molar-refractivity contribution is -0.131. The van der Waals surface area contributed by atoms with E-state index >= 15 is 0 Å². The summed E-state index contributed by atoms with van der Waals surface area (Å²) in [6.45, 7) is 3.89. The Morgan fingerprint density at radius 3 is 2.63 bits per heavy atom. The van der Waals surface area contributed by atoms with Crippen LogP contribution in [0, 0.1) is 0 Å². The zero-order valence-electron chi connectivity index (χ0n) is 16.0. The Labute approximate surface area is 165 Å². The van der Waals surface area contributed by atoms with Gasteiger partial charge in [-0.1, -0.05) is 18.2 Å². The molecule has 0 aliphatic carbocycles. The Balaban J connectivity index is 1.56. The van der Waals surface area contributed by atoms with E-state index in [0.717, 1.165) is 43.8 Å². The molecule has 27 heavy (non-hydrogen) atoms.